The number of unbranched alkanes of at least 4 members (excludes halogenated alkanes) is 36. The highest BCUT2D eigenvalue weighted by Crippen LogP contribution is 2.38. The highest BCUT2D eigenvalue weighted by Gasteiger charge is 2.23. The summed E-state index contributed by atoms with van der Waals surface area (Å²) < 4.78 is 23.3. The first kappa shape index (κ1) is 63.0. The quantitative estimate of drug-likeness (QED) is 0.0272. The minimum absolute atomic E-state index is 0.00124. The van der Waals surface area contributed by atoms with Gasteiger partial charge < -0.3 is 28.8 Å². The number of hydrogen-bond donors (Lipinski definition) is 2. The summed E-state index contributed by atoms with van der Waals surface area (Å²) >= 11 is 0. The zero-order chi connectivity index (χ0) is 47.1. The lowest BCUT2D eigenvalue weighted by Crippen LogP contribution is -2.45. The van der Waals surface area contributed by atoms with Gasteiger partial charge in [0.25, 0.3) is 7.82 Å². The summed E-state index contributed by atoms with van der Waals surface area (Å²) in [6.07, 6.45) is 58.3. The fourth-order valence-corrected chi connectivity index (χ4v) is 8.99. The largest absolute Gasteiger partial charge is 0.756 e. The third-order valence-corrected chi connectivity index (χ3v) is 13.6. The topological polar surface area (TPSA) is 108 Å². The van der Waals surface area contributed by atoms with Gasteiger partial charge >= 0.3 is 0 Å². The van der Waals surface area contributed by atoms with Crippen LogP contribution in [-0.4, -0.2) is 68.5 Å². The third-order valence-electron chi connectivity index (χ3n) is 12.7. The molecule has 0 bridgehead atoms. The average molecular weight is 925 g/mol. The van der Waals surface area contributed by atoms with E-state index in [0.29, 0.717) is 17.4 Å². The van der Waals surface area contributed by atoms with Crippen LogP contribution in [-0.2, 0) is 18.4 Å². The molecule has 0 saturated carbocycles. The molecular formula is C55H109N2O6P. The third kappa shape index (κ3) is 48.9. The molecule has 0 aliphatic heterocycles. The number of aliphatic hydroxyl groups excluding tert-OH is 1. The fourth-order valence-electron chi connectivity index (χ4n) is 8.27. The highest BCUT2D eigenvalue weighted by molar-refractivity contribution is 7.45. The van der Waals surface area contributed by atoms with E-state index in [4.69, 9.17) is 9.05 Å². The van der Waals surface area contributed by atoms with Gasteiger partial charge in [0.15, 0.2) is 0 Å². The zero-order valence-corrected chi connectivity index (χ0v) is 44.1. The summed E-state index contributed by atoms with van der Waals surface area (Å²) in [7, 11) is 1.26. The molecule has 0 aliphatic rings. The van der Waals surface area contributed by atoms with Crippen LogP contribution in [0.15, 0.2) is 24.3 Å². The summed E-state index contributed by atoms with van der Waals surface area (Å²) in [5.74, 6) is -0.204. The predicted octanol–water partition coefficient (Wildman–Crippen LogP) is 15.8. The van der Waals surface area contributed by atoms with Crippen LogP contribution in [0.5, 0.6) is 0 Å². The van der Waals surface area contributed by atoms with Gasteiger partial charge in [-0.05, 0) is 44.9 Å². The Bertz CT molecular complexity index is 1090. The van der Waals surface area contributed by atoms with Crippen LogP contribution in [0.3, 0.4) is 0 Å². The summed E-state index contributed by atoms with van der Waals surface area (Å²) in [6, 6.07) is -0.888. The van der Waals surface area contributed by atoms with Crippen molar-refractivity contribution in [1.82, 2.24) is 5.32 Å². The van der Waals surface area contributed by atoms with E-state index < -0.39 is 20.0 Å². The van der Waals surface area contributed by atoms with E-state index in [9.17, 15) is 19.4 Å². The minimum atomic E-state index is -4.59. The highest BCUT2D eigenvalue weighted by atomic mass is 31.2. The number of nitrogens with zero attached hydrogens (tertiary/aromatic N) is 1. The van der Waals surface area contributed by atoms with Gasteiger partial charge in [0, 0.05) is 6.42 Å². The Morgan fingerprint density at radius 2 is 0.859 bits per heavy atom. The summed E-state index contributed by atoms with van der Waals surface area (Å²) in [6.45, 7) is 4.65. The molecule has 8 nitrogen and oxygen atoms in total. The normalized spacial score (nSPS) is 14.2. The predicted molar refractivity (Wildman–Crippen MR) is 275 cm³/mol. The Hall–Kier alpha value is -1.02. The number of phosphoric acid groups is 1. The average Bonchev–Trinajstić information content (AvgIpc) is 3.25. The molecule has 0 rings (SSSR count). The molecule has 0 aliphatic carbocycles. The molecule has 0 saturated heterocycles. The molecule has 0 spiro atoms. The van der Waals surface area contributed by atoms with Gasteiger partial charge in [-0.25, -0.2) is 0 Å². The molecule has 0 radical (unpaired) electrons. The number of likely N-dealkylation sites (N-methyl/N-ethyl adjacent to an activating group) is 1. The molecule has 64 heavy (non-hydrogen) atoms. The molecule has 9 heteroatoms. The maximum atomic E-state index is 12.9. The first-order chi connectivity index (χ1) is 31.0. The molecular weight excluding hydrogens is 816 g/mol. The van der Waals surface area contributed by atoms with E-state index in [0.717, 1.165) is 51.4 Å². The van der Waals surface area contributed by atoms with Gasteiger partial charge in [0.1, 0.15) is 13.2 Å². The second kappa shape index (κ2) is 47.1. The first-order valence-corrected chi connectivity index (χ1v) is 29.2. The Kier molecular flexibility index (Phi) is 46.3. The van der Waals surface area contributed by atoms with Crippen molar-refractivity contribution in [3.05, 3.63) is 24.3 Å². The Balaban J connectivity index is 4.11. The molecule has 3 unspecified atom stereocenters. The monoisotopic (exact) mass is 925 g/mol. The van der Waals surface area contributed by atoms with Crippen LogP contribution in [0.2, 0.25) is 0 Å². The lowest BCUT2D eigenvalue weighted by Gasteiger charge is -2.29. The number of aliphatic hydroxyl groups is 1. The van der Waals surface area contributed by atoms with Crippen molar-refractivity contribution in [2.24, 2.45) is 0 Å². The van der Waals surface area contributed by atoms with Gasteiger partial charge in [-0.2, -0.15) is 0 Å². The fraction of sp³-hybridized carbons (Fsp3) is 0.909. The van der Waals surface area contributed by atoms with Crippen LogP contribution >= 0.6 is 7.82 Å². The molecule has 2 N–H and O–H groups in total. The van der Waals surface area contributed by atoms with E-state index in [1.54, 1.807) is 6.08 Å². The molecule has 1 amide bonds. The second-order valence-electron chi connectivity index (χ2n) is 20.3. The summed E-state index contributed by atoms with van der Waals surface area (Å²) in [5.41, 5.74) is 0. The van der Waals surface area contributed by atoms with Crippen molar-refractivity contribution in [1.29, 1.82) is 0 Å². The van der Waals surface area contributed by atoms with E-state index in [1.165, 1.54) is 199 Å². The van der Waals surface area contributed by atoms with Gasteiger partial charge in [0.05, 0.1) is 39.9 Å². The van der Waals surface area contributed by atoms with Crippen LogP contribution in [0.1, 0.15) is 271 Å². The molecule has 0 aromatic heterocycles. The Labute approximate surface area is 398 Å². The van der Waals surface area contributed by atoms with Crippen molar-refractivity contribution in [3.8, 4) is 0 Å². The number of amides is 1. The molecule has 0 aromatic rings. The van der Waals surface area contributed by atoms with E-state index in [1.807, 2.05) is 27.2 Å². The summed E-state index contributed by atoms with van der Waals surface area (Å²) in [5, 5.41) is 13.8. The van der Waals surface area contributed by atoms with E-state index in [2.05, 4.69) is 31.3 Å². The smallest absolute Gasteiger partial charge is 0.268 e. The number of carbonyl (C=O) groups excluding carboxylic acids is 1. The zero-order valence-electron chi connectivity index (χ0n) is 43.3. The van der Waals surface area contributed by atoms with Crippen molar-refractivity contribution < 1.29 is 32.9 Å². The van der Waals surface area contributed by atoms with Crippen LogP contribution in [0, 0.1) is 0 Å². The molecule has 0 fully saturated rings. The number of hydrogen-bond acceptors (Lipinski definition) is 6. The van der Waals surface area contributed by atoms with E-state index in [-0.39, 0.29) is 19.1 Å². The lowest BCUT2D eigenvalue weighted by atomic mass is 10.0. The number of nitrogens with one attached hydrogen (secondary N) is 1. The van der Waals surface area contributed by atoms with Gasteiger partial charge in [-0.15, -0.1) is 0 Å². The number of phosphoric ester groups is 1. The molecule has 3 atom stereocenters. The number of allylic oxidation sites excluding steroid dienone is 3. The molecule has 0 heterocycles. The van der Waals surface area contributed by atoms with Gasteiger partial charge in [-0.3, -0.25) is 9.36 Å². The van der Waals surface area contributed by atoms with Gasteiger partial charge in [-0.1, -0.05) is 244 Å². The second-order valence-corrected chi connectivity index (χ2v) is 21.7. The standard InChI is InChI=1S/C55H109N2O6P/c1-6-8-10-12-14-16-18-20-21-22-23-24-25-26-27-28-29-30-31-32-33-34-35-37-38-40-42-44-46-48-54(58)53(52-63-64(60,61)62-51-50-57(3,4)5)56-55(59)49-47-45-43-41-39-36-19-17-15-13-11-9-7-2/h17,19,46,48,53-54,58H,6-16,18,20-45,47,49-52H2,1-5H3,(H-,56,59,60,61)/b19-17-,48-46+. The van der Waals surface area contributed by atoms with E-state index >= 15 is 0 Å². The number of quaternary nitrogens is 1. The molecule has 380 valence electrons. The van der Waals surface area contributed by atoms with Crippen LogP contribution in [0.25, 0.3) is 0 Å². The maximum Gasteiger partial charge on any atom is 0.268 e. The Morgan fingerprint density at radius 3 is 1.23 bits per heavy atom. The number of carbonyl (C=O) groups is 1. The first-order valence-electron chi connectivity index (χ1n) is 27.7. The summed E-state index contributed by atoms with van der Waals surface area (Å²) in [4.78, 5) is 25.4. The van der Waals surface area contributed by atoms with Crippen molar-refractivity contribution in [2.75, 3.05) is 40.9 Å². The minimum Gasteiger partial charge on any atom is -0.756 e. The van der Waals surface area contributed by atoms with Crippen molar-refractivity contribution >= 4 is 13.7 Å². The lowest BCUT2D eigenvalue weighted by molar-refractivity contribution is -0.870. The Morgan fingerprint density at radius 1 is 0.531 bits per heavy atom. The van der Waals surface area contributed by atoms with Crippen LogP contribution in [0.4, 0.5) is 0 Å². The van der Waals surface area contributed by atoms with Gasteiger partial charge in [0.2, 0.25) is 5.91 Å². The maximum absolute atomic E-state index is 12.9. The van der Waals surface area contributed by atoms with Crippen LogP contribution < -0.4 is 10.2 Å². The molecule has 0 aromatic carbocycles. The number of rotatable bonds is 51. The SMILES string of the molecule is CCCCCC/C=C\CCCCCCCC(=O)NC(COP(=O)([O-])OCC[N+](C)(C)C)C(O)/C=C/CCCCCCCCCCCCCCCCCCCCCCCCCCCCC. The van der Waals surface area contributed by atoms with Crippen molar-refractivity contribution in [2.45, 2.75) is 283 Å². The van der Waals surface area contributed by atoms with Crippen molar-refractivity contribution in [3.63, 3.8) is 0 Å².